The fraction of sp³-hybridized carbons (Fsp3) is 0.250. The molecule has 0 bridgehead atoms. The second-order valence-electron chi connectivity index (χ2n) is 5.73. The van der Waals surface area contributed by atoms with Crippen molar-refractivity contribution < 1.29 is 13.3 Å². The van der Waals surface area contributed by atoms with Crippen molar-refractivity contribution in [2.75, 3.05) is 0 Å². The van der Waals surface area contributed by atoms with Gasteiger partial charge in [0.2, 0.25) is 5.89 Å². The molecular weight excluding hydrogens is 364 g/mol. The van der Waals surface area contributed by atoms with Gasteiger partial charge in [0.05, 0.1) is 10.4 Å². The Kier molecular flexibility index (Phi) is 3.91. The number of alkyl halides is 2. The molecule has 4 heterocycles. The molecule has 0 aliphatic carbocycles. The molecule has 0 unspecified atom stereocenters. The van der Waals surface area contributed by atoms with Gasteiger partial charge in [-0.05, 0) is 25.1 Å². The third-order valence-electron chi connectivity index (χ3n) is 3.96. The van der Waals surface area contributed by atoms with Gasteiger partial charge < -0.3 is 4.52 Å². The number of fused-ring (bicyclic) bond motifs is 1. The van der Waals surface area contributed by atoms with E-state index in [1.807, 2.05) is 0 Å². The van der Waals surface area contributed by atoms with Crippen LogP contribution in [-0.4, -0.2) is 24.3 Å². The van der Waals surface area contributed by atoms with Crippen LogP contribution in [-0.2, 0) is 13.6 Å². The van der Waals surface area contributed by atoms with E-state index in [1.54, 1.807) is 32.3 Å². The van der Waals surface area contributed by atoms with E-state index in [-0.39, 0.29) is 17.1 Å². The number of halogens is 2. The van der Waals surface area contributed by atoms with Crippen molar-refractivity contribution >= 4 is 22.5 Å². The van der Waals surface area contributed by atoms with E-state index in [9.17, 15) is 13.6 Å². The standard InChI is InChI=1S/C16H13F2N5O2S/c1-8-20-13(25-21-8)7-23-10-5-9(6-19-15(10)22(2)16(23)24)11-3-4-12(26-11)14(17)18/h3-6,14H,7H2,1-2H3. The molecule has 0 atom stereocenters. The number of rotatable bonds is 4. The van der Waals surface area contributed by atoms with Crippen molar-refractivity contribution in [3.8, 4) is 10.4 Å². The maximum absolute atomic E-state index is 12.8. The zero-order valence-electron chi connectivity index (χ0n) is 13.8. The normalized spacial score (nSPS) is 11.7. The van der Waals surface area contributed by atoms with Crippen LogP contribution in [0, 0.1) is 6.92 Å². The van der Waals surface area contributed by atoms with Gasteiger partial charge in [-0.25, -0.2) is 18.6 Å². The van der Waals surface area contributed by atoms with Crippen molar-refractivity contribution in [1.29, 1.82) is 0 Å². The smallest absolute Gasteiger partial charge is 0.330 e. The van der Waals surface area contributed by atoms with Crippen LogP contribution in [0.2, 0.25) is 0 Å². The predicted octanol–water partition coefficient (Wildman–Crippen LogP) is 3.14. The number of hydrogen-bond acceptors (Lipinski definition) is 6. The molecule has 0 N–H and O–H groups in total. The highest BCUT2D eigenvalue weighted by atomic mass is 32.1. The molecule has 0 saturated carbocycles. The van der Waals surface area contributed by atoms with Crippen LogP contribution in [0.3, 0.4) is 0 Å². The molecular formula is C16H13F2N5O2S. The van der Waals surface area contributed by atoms with Gasteiger partial charge in [-0.1, -0.05) is 5.16 Å². The summed E-state index contributed by atoms with van der Waals surface area (Å²) in [5, 5.41) is 3.72. The second kappa shape index (κ2) is 6.13. The van der Waals surface area contributed by atoms with Crippen LogP contribution in [0.25, 0.3) is 21.6 Å². The maximum Gasteiger partial charge on any atom is 0.330 e. The summed E-state index contributed by atoms with van der Waals surface area (Å²) in [7, 11) is 1.62. The molecule has 0 spiro atoms. The maximum atomic E-state index is 12.8. The zero-order valence-corrected chi connectivity index (χ0v) is 14.6. The first-order chi connectivity index (χ1) is 12.4. The number of thiophene rings is 1. The lowest BCUT2D eigenvalue weighted by Crippen LogP contribution is -2.22. The molecule has 0 saturated heterocycles. The third-order valence-corrected chi connectivity index (χ3v) is 5.10. The van der Waals surface area contributed by atoms with Gasteiger partial charge in [0.25, 0.3) is 6.43 Å². The molecule has 7 nitrogen and oxygen atoms in total. The fourth-order valence-corrected chi connectivity index (χ4v) is 3.57. The highest BCUT2D eigenvalue weighted by Gasteiger charge is 2.17. The van der Waals surface area contributed by atoms with E-state index in [0.29, 0.717) is 33.3 Å². The summed E-state index contributed by atoms with van der Waals surface area (Å²) < 4.78 is 33.7. The lowest BCUT2D eigenvalue weighted by molar-refractivity contribution is 0.155. The van der Waals surface area contributed by atoms with E-state index >= 15 is 0 Å². The number of imidazole rings is 1. The highest BCUT2D eigenvalue weighted by molar-refractivity contribution is 7.15. The Morgan fingerprint density at radius 2 is 2.15 bits per heavy atom. The number of pyridine rings is 1. The number of nitrogens with zero attached hydrogens (tertiary/aromatic N) is 5. The van der Waals surface area contributed by atoms with E-state index in [1.165, 1.54) is 15.2 Å². The van der Waals surface area contributed by atoms with Gasteiger partial charge in [0.15, 0.2) is 11.5 Å². The minimum atomic E-state index is -2.51. The Bertz CT molecular complexity index is 1160. The van der Waals surface area contributed by atoms with Crippen molar-refractivity contribution in [1.82, 2.24) is 24.3 Å². The number of aromatic nitrogens is 5. The molecule has 26 heavy (non-hydrogen) atoms. The Labute approximate surface area is 149 Å². The third kappa shape index (κ3) is 2.71. The summed E-state index contributed by atoms with van der Waals surface area (Å²) in [5.74, 6) is 0.781. The quantitative estimate of drug-likeness (QED) is 0.546. The van der Waals surface area contributed by atoms with E-state index in [0.717, 1.165) is 11.3 Å². The van der Waals surface area contributed by atoms with Crippen LogP contribution < -0.4 is 5.69 Å². The number of hydrogen-bond donors (Lipinski definition) is 0. The molecule has 0 radical (unpaired) electrons. The molecule has 0 aromatic carbocycles. The van der Waals surface area contributed by atoms with Gasteiger partial charge in [0, 0.05) is 23.7 Å². The molecule has 134 valence electrons. The first kappa shape index (κ1) is 16.6. The predicted molar refractivity (Wildman–Crippen MR) is 91.4 cm³/mol. The molecule has 4 aromatic heterocycles. The monoisotopic (exact) mass is 377 g/mol. The average Bonchev–Trinajstić information content (AvgIpc) is 3.31. The van der Waals surface area contributed by atoms with Crippen molar-refractivity contribution in [3.05, 3.63) is 51.5 Å². The summed E-state index contributed by atoms with van der Waals surface area (Å²) in [4.78, 5) is 21.6. The molecule has 0 aliphatic heterocycles. The molecule has 10 heteroatoms. The van der Waals surface area contributed by atoms with Crippen molar-refractivity contribution in [3.63, 3.8) is 0 Å². The van der Waals surface area contributed by atoms with E-state index in [4.69, 9.17) is 4.52 Å². The topological polar surface area (TPSA) is 78.7 Å². The SMILES string of the molecule is Cc1noc(Cn2c(=O)n(C)c3ncc(-c4ccc(C(F)F)s4)cc32)n1. The lowest BCUT2D eigenvalue weighted by atomic mass is 10.2. The first-order valence-electron chi connectivity index (χ1n) is 7.66. The second-order valence-corrected chi connectivity index (χ2v) is 6.85. The summed E-state index contributed by atoms with van der Waals surface area (Å²) in [5.41, 5.74) is 1.44. The zero-order chi connectivity index (χ0) is 18.4. The van der Waals surface area contributed by atoms with E-state index < -0.39 is 6.43 Å². The van der Waals surface area contributed by atoms with Gasteiger partial charge in [-0.2, -0.15) is 4.98 Å². The summed E-state index contributed by atoms with van der Waals surface area (Å²) in [6.07, 6.45) is -0.939. The first-order valence-corrected chi connectivity index (χ1v) is 8.48. The van der Waals surface area contributed by atoms with Crippen molar-refractivity contribution in [2.45, 2.75) is 19.9 Å². The molecule has 0 fully saturated rings. The minimum Gasteiger partial charge on any atom is -0.337 e. The van der Waals surface area contributed by atoms with Crippen molar-refractivity contribution in [2.24, 2.45) is 7.05 Å². The Balaban J connectivity index is 1.83. The lowest BCUT2D eigenvalue weighted by Gasteiger charge is -2.01. The van der Waals surface area contributed by atoms with Gasteiger partial charge in [-0.15, -0.1) is 11.3 Å². The van der Waals surface area contributed by atoms with Crippen LogP contribution >= 0.6 is 11.3 Å². The Hall–Kier alpha value is -2.88. The molecule has 0 amide bonds. The summed E-state index contributed by atoms with van der Waals surface area (Å²) in [6.45, 7) is 1.80. The van der Waals surface area contributed by atoms with Gasteiger partial charge in [-0.3, -0.25) is 9.13 Å². The Morgan fingerprint density at radius 3 is 2.81 bits per heavy atom. The minimum absolute atomic E-state index is 0.00751. The summed E-state index contributed by atoms with van der Waals surface area (Å²) in [6, 6.07) is 4.78. The summed E-state index contributed by atoms with van der Waals surface area (Å²) >= 11 is 1.00. The van der Waals surface area contributed by atoms with Gasteiger partial charge >= 0.3 is 5.69 Å². The van der Waals surface area contributed by atoms with Crippen LogP contribution in [0.4, 0.5) is 8.78 Å². The fourth-order valence-electron chi connectivity index (χ4n) is 2.73. The van der Waals surface area contributed by atoms with Gasteiger partial charge in [0.1, 0.15) is 6.54 Å². The van der Waals surface area contributed by atoms with Crippen LogP contribution in [0.5, 0.6) is 0 Å². The molecule has 4 aromatic rings. The van der Waals surface area contributed by atoms with E-state index in [2.05, 4.69) is 15.1 Å². The molecule has 0 aliphatic rings. The Morgan fingerprint density at radius 1 is 1.35 bits per heavy atom. The average molecular weight is 377 g/mol. The highest BCUT2D eigenvalue weighted by Crippen LogP contribution is 2.34. The van der Waals surface area contributed by atoms with Crippen LogP contribution in [0.1, 0.15) is 23.0 Å². The number of aryl methyl sites for hydroxylation is 2. The van der Waals surface area contributed by atoms with Crippen LogP contribution in [0.15, 0.2) is 33.7 Å². The molecule has 4 rings (SSSR count). The largest absolute Gasteiger partial charge is 0.337 e.